The highest BCUT2D eigenvalue weighted by Crippen LogP contribution is 2.11. The fraction of sp³-hybridized carbons (Fsp3) is 0.300. The van der Waals surface area contributed by atoms with Gasteiger partial charge in [0.05, 0.1) is 11.4 Å². The number of halogens is 2. The lowest BCUT2D eigenvalue weighted by atomic mass is 10.2. The fourth-order valence-corrected chi connectivity index (χ4v) is 1.06. The second kappa shape index (κ2) is 5.23. The summed E-state index contributed by atoms with van der Waals surface area (Å²) in [6.45, 7) is 1.74. The summed E-state index contributed by atoms with van der Waals surface area (Å²) in [4.78, 5) is 11.4. The Morgan fingerprint density at radius 2 is 2.00 bits per heavy atom. The summed E-state index contributed by atoms with van der Waals surface area (Å²) in [5.41, 5.74) is 0.478. The molecule has 0 fully saturated rings. The highest BCUT2D eigenvalue weighted by atomic mass is 35.5. The molecule has 2 nitrogen and oxygen atoms in total. The average molecular weight is 233 g/mol. The van der Waals surface area contributed by atoms with Crippen LogP contribution in [0.1, 0.15) is 17.3 Å². The minimum absolute atomic E-state index is 0.278. The zero-order valence-electron chi connectivity index (χ0n) is 7.67. The molecule has 0 bridgehead atoms. The Bertz CT molecular complexity index is 308. The summed E-state index contributed by atoms with van der Waals surface area (Å²) in [5.74, 6) is -0.0888. The van der Waals surface area contributed by atoms with Gasteiger partial charge in [-0.3, -0.25) is 0 Å². The molecule has 1 atom stereocenters. The monoisotopic (exact) mass is 232 g/mol. The van der Waals surface area contributed by atoms with Gasteiger partial charge in [0.15, 0.2) is 0 Å². The summed E-state index contributed by atoms with van der Waals surface area (Å²) in [6, 6.07) is 6.52. The lowest BCUT2D eigenvalue weighted by Crippen LogP contribution is -2.16. The maximum absolute atomic E-state index is 11.4. The van der Waals surface area contributed by atoms with Crippen molar-refractivity contribution in [3.8, 4) is 0 Å². The molecular formula is C10H10Cl2O2. The molecule has 0 aliphatic rings. The molecule has 0 saturated heterocycles. The SMILES string of the molecule is CC(CCl)OC(=O)c1ccc(Cl)cc1. The Morgan fingerprint density at radius 1 is 1.43 bits per heavy atom. The summed E-state index contributed by atoms with van der Waals surface area (Å²) in [5, 5.41) is 0.590. The van der Waals surface area contributed by atoms with Crippen molar-refractivity contribution < 1.29 is 9.53 Å². The number of rotatable bonds is 3. The van der Waals surface area contributed by atoms with E-state index in [9.17, 15) is 4.79 Å². The molecule has 0 radical (unpaired) electrons. The summed E-state index contributed by atoms with van der Waals surface area (Å²) in [7, 11) is 0. The third kappa shape index (κ3) is 3.20. The molecular weight excluding hydrogens is 223 g/mol. The van der Waals surface area contributed by atoms with Gasteiger partial charge < -0.3 is 4.74 Å². The van der Waals surface area contributed by atoms with E-state index in [2.05, 4.69) is 0 Å². The van der Waals surface area contributed by atoms with Crippen LogP contribution in [0.15, 0.2) is 24.3 Å². The molecule has 0 amide bonds. The van der Waals surface area contributed by atoms with E-state index in [1.807, 2.05) is 0 Å². The van der Waals surface area contributed by atoms with E-state index in [0.717, 1.165) is 0 Å². The van der Waals surface area contributed by atoms with Gasteiger partial charge in [0, 0.05) is 5.02 Å². The van der Waals surface area contributed by atoms with Gasteiger partial charge in [0.1, 0.15) is 6.10 Å². The Balaban J connectivity index is 2.65. The lowest BCUT2D eigenvalue weighted by Gasteiger charge is -2.09. The predicted molar refractivity (Wildman–Crippen MR) is 57.0 cm³/mol. The van der Waals surface area contributed by atoms with E-state index in [-0.39, 0.29) is 12.1 Å². The number of ether oxygens (including phenoxy) is 1. The van der Waals surface area contributed by atoms with Crippen molar-refractivity contribution in [1.29, 1.82) is 0 Å². The van der Waals surface area contributed by atoms with Crippen LogP contribution >= 0.6 is 23.2 Å². The van der Waals surface area contributed by atoms with Crippen LogP contribution in [0, 0.1) is 0 Å². The Kier molecular flexibility index (Phi) is 4.23. The van der Waals surface area contributed by atoms with Crippen LogP contribution in [0.5, 0.6) is 0 Å². The molecule has 0 N–H and O–H groups in total. The number of esters is 1. The highest BCUT2D eigenvalue weighted by Gasteiger charge is 2.10. The Morgan fingerprint density at radius 3 is 2.50 bits per heavy atom. The molecule has 4 heteroatoms. The molecule has 0 heterocycles. The van der Waals surface area contributed by atoms with E-state index in [0.29, 0.717) is 16.5 Å². The normalized spacial score (nSPS) is 12.2. The molecule has 0 spiro atoms. The molecule has 1 aromatic carbocycles. The van der Waals surface area contributed by atoms with E-state index in [4.69, 9.17) is 27.9 Å². The first-order valence-corrected chi connectivity index (χ1v) is 5.07. The maximum atomic E-state index is 11.4. The number of benzene rings is 1. The van der Waals surface area contributed by atoms with E-state index in [1.54, 1.807) is 31.2 Å². The van der Waals surface area contributed by atoms with Crippen LogP contribution in [-0.4, -0.2) is 18.0 Å². The molecule has 0 aliphatic carbocycles. The molecule has 1 aromatic rings. The van der Waals surface area contributed by atoms with Gasteiger partial charge >= 0.3 is 5.97 Å². The number of hydrogen-bond acceptors (Lipinski definition) is 2. The van der Waals surface area contributed by atoms with E-state index < -0.39 is 0 Å². The second-order valence-electron chi connectivity index (χ2n) is 2.88. The molecule has 14 heavy (non-hydrogen) atoms. The van der Waals surface area contributed by atoms with Gasteiger partial charge in [-0.15, -0.1) is 11.6 Å². The van der Waals surface area contributed by atoms with Crippen LogP contribution in [0.3, 0.4) is 0 Å². The first kappa shape index (κ1) is 11.3. The molecule has 0 aliphatic heterocycles. The predicted octanol–water partition coefficient (Wildman–Crippen LogP) is 3.12. The first-order valence-electron chi connectivity index (χ1n) is 4.16. The van der Waals surface area contributed by atoms with Crippen molar-refractivity contribution in [3.05, 3.63) is 34.9 Å². The van der Waals surface area contributed by atoms with Crippen molar-refractivity contribution in [2.75, 3.05) is 5.88 Å². The minimum atomic E-state index is -0.380. The van der Waals surface area contributed by atoms with Gasteiger partial charge in [-0.2, -0.15) is 0 Å². The Hall–Kier alpha value is -0.730. The molecule has 0 saturated carbocycles. The molecule has 1 rings (SSSR count). The van der Waals surface area contributed by atoms with Gasteiger partial charge in [-0.25, -0.2) is 4.79 Å². The van der Waals surface area contributed by atoms with Crippen LogP contribution in [0.4, 0.5) is 0 Å². The van der Waals surface area contributed by atoms with Crippen molar-refractivity contribution in [1.82, 2.24) is 0 Å². The third-order valence-corrected chi connectivity index (χ3v) is 2.29. The number of carbonyl (C=O) groups is 1. The summed E-state index contributed by atoms with van der Waals surface area (Å²) in [6.07, 6.45) is -0.278. The third-order valence-electron chi connectivity index (χ3n) is 1.61. The van der Waals surface area contributed by atoms with Crippen molar-refractivity contribution in [2.24, 2.45) is 0 Å². The minimum Gasteiger partial charge on any atom is -0.458 e. The Labute approximate surface area is 92.8 Å². The standard InChI is InChI=1S/C10H10Cl2O2/c1-7(6-11)14-10(13)8-2-4-9(12)5-3-8/h2-5,7H,6H2,1H3. The van der Waals surface area contributed by atoms with Crippen LogP contribution in [0.25, 0.3) is 0 Å². The summed E-state index contributed by atoms with van der Waals surface area (Å²) < 4.78 is 5.01. The smallest absolute Gasteiger partial charge is 0.338 e. The zero-order chi connectivity index (χ0) is 10.6. The number of hydrogen-bond donors (Lipinski definition) is 0. The van der Waals surface area contributed by atoms with Crippen molar-refractivity contribution in [3.63, 3.8) is 0 Å². The van der Waals surface area contributed by atoms with E-state index in [1.165, 1.54) is 0 Å². The summed E-state index contributed by atoms with van der Waals surface area (Å²) >= 11 is 11.2. The molecule has 0 aromatic heterocycles. The molecule has 76 valence electrons. The van der Waals surface area contributed by atoms with Crippen LogP contribution < -0.4 is 0 Å². The van der Waals surface area contributed by atoms with Crippen molar-refractivity contribution >= 4 is 29.2 Å². The number of carbonyl (C=O) groups excluding carboxylic acids is 1. The van der Waals surface area contributed by atoms with E-state index >= 15 is 0 Å². The van der Waals surface area contributed by atoms with Gasteiger partial charge in [0.25, 0.3) is 0 Å². The van der Waals surface area contributed by atoms with Crippen molar-refractivity contribution in [2.45, 2.75) is 13.0 Å². The average Bonchev–Trinajstić information content (AvgIpc) is 2.18. The lowest BCUT2D eigenvalue weighted by molar-refractivity contribution is 0.0384. The zero-order valence-corrected chi connectivity index (χ0v) is 9.18. The largest absolute Gasteiger partial charge is 0.458 e. The molecule has 1 unspecified atom stereocenters. The van der Waals surface area contributed by atoms with Crippen LogP contribution in [-0.2, 0) is 4.74 Å². The maximum Gasteiger partial charge on any atom is 0.338 e. The quantitative estimate of drug-likeness (QED) is 0.592. The first-order chi connectivity index (χ1) is 6.63. The fourth-order valence-electron chi connectivity index (χ4n) is 0.868. The second-order valence-corrected chi connectivity index (χ2v) is 3.62. The van der Waals surface area contributed by atoms with Gasteiger partial charge in [-0.1, -0.05) is 11.6 Å². The topological polar surface area (TPSA) is 26.3 Å². The number of alkyl halides is 1. The van der Waals surface area contributed by atoms with Crippen LogP contribution in [0.2, 0.25) is 5.02 Å². The van der Waals surface area contributed by atoms with Gasteiger partial charge in [-0.05, 0) is 31.2 Å². The highest BCUT2D eigenvalue weighted by molar-refractivity contribution is 6.30. The van der Waals surface area contributed by atoms with Gasteiger partial charge in [0.2, 0.25) is 0 Å².